The van der Waals surface area contributed by atoms with Gasteiger partial charge in [-0.3, -0.25) is 0 Å². The maximum Gasteiger partial charge on any atom is 0.427 e. The molecule has 0 N–H and O–H groups in total. The van der Waals surface area contributed by atoms with E-state index in [9.17, 15) is 26.7 Å². The number of rotatable bonds is 3. The quantitative estimate of drug-likeness (QED) is 0.629. The van der Waals surface area contributed by atoms with Crippen molar-refractivity contribution in [2.75, 3.05) is 6.61 Å². The molecule has 0 saturated carbocycles. The van der Waals surface area contributed by atoms with Gasteiger partial charge in [0.2, 0.25) is 0 Å². The molecule has 0 bridgehead atoms. The van der Waals surface area contributed by atoms with Crippen LogP contribution in [0.25, 0.3) is 0 Å². The van der Waals surface area contributed by atoms with E-state index in [-0.39, 0.29) is 24.1 Å². The Morgan fingerprint density at radius 2 is 2.00 bits per heavy atom. The minimum atomic E-state index is -4.76. The number of hydrogen-bond donors (Lipinski definition) is 0. The van der Waals surface area contributed by atoms with E-state index in [1.54, 1.807) is 0 Å². The minimum Gasteiger partial charge on any atom is -0.461 e. The summed E-state index contributed by atoms with van der Waals surface area (Å²) in [5.41, 5.74) is 0. The lowest BCUT2D eigenvalue weighted by Gasteiger charge is -2.11. The highest BCUT2D eigenvalue weighted by molar-refractivity contribution is 7.12. The van der Waals surface area contributed by atoms with E-state index in [2.05, 4.69) is 9.72 Å². The summed E-state index contributed by atoms with van der Waals surface area (Å²) in [6, 6.07) is 0. The Labute approximate surface area is 96.2 Å². The monoisotopic (exact) mass is 275 g/mol. The Bertz CT molecular complexity index is 414. The molecule has 0 radical (unpaired) electrons. The van der Waals surface area contributed by atoms with Gasteiger partial charge in [0.05, 0.1) is 12.8 Å². The molecule has 9 heteroatoms. The second-order valence-electron chi connectivity index (χ2n) is 2.82. The van der Waals surface area contributed by atoms with Crippen molar-refractivity contribution in [2.45, 2.75) is 19.0 Å². The van der Waals surface area contributed by atoms with Crippen molar-refractivity contribution in [3.8, 4) is 0 Å². The number of carbonyl (C=O) groups is 1. The second-order valence-corrected chi connectivity index (χ2v) is 3.85. The van der Waals surface area contributed by atoms with Crippen LogP contribution in [0.5, 0.6) is 0 Å². The third kappa shape index (κ3) is 2.90. The van der Waals surface area contributed by atoms with E-state index in [0.29, 0.717) is 0 Å². The topological polar surface area (TPSA) is 39.2 Å². The SMILES string of the molecule is CCOC(=O)C(F)(F)c1ncc(C(F)(F)F)s1. The van der Waals surface area contributed by atoms with Crippen LogP contribution in [-0.2, 0) is 21.6 Å². The molecule has 0 aliphatic heterocycles. The third-order valence-corrected chi connectivity index (χ3v) is 2.70. The van der Waals surface area contributed by atoms with E-state index in [4.69, 9.17) is 0 Å². The van der Waals surface area contributed by atoms with Crippen LogP contribution in [-0.4, -0.2) is 17.6 Å². The zero-order valence-corrected chi connectivity index (χ0v) is 9.16. The number of esters is 1. The van der Waals surface area contributed by atoms with Gasteiger partial charge in [-0.1, -0.05) is 0 Å². The fourth-order valence-corrected chi connectivity index (χ4v) is 1.61. The lowest BCUT2D eigenvalue weighted by Crippen LogP contribution is -2.28. The number of carbonyl (C=O) groups excluding carboxylic acids is 1. The van der Waals surface area contributed by atoms with Gasteiger partial charge in [-0.15, -0.1) is 11.3 Å². The molecule has 1 rings (SSSR count). The predicted octanol–water partition coefficient (Wildman–Crippen LogP) is 2.82. The highest BCUT2D eigenvalue weighted by Gasteiger charge is 2.47. The van der Waals surface area contributed by atoms with Crippen LogP contribution >= 0.6 is 11.3 Å². The van der Waals surface area contributed by atoms with Crippen molar-refractivity contribution in [2.24, 2.45) is 0 Å². The Morgan fingerprint density at radius 1 is 1.41 bits per heavy atom. The summed E-state index contributed by atoms with van der Waals surface area (Å²) in [6.07, 6.45) is -4.51. The zero-order valence-electron chi connectivity index (χ0n) is 8.35. The molecule has 0 saturated heterocycles. The second kappa shape index (κ2) is 4.55. The van der Waals surface area contributed by atoms with Gasteiger partial charge in [0, 0.05) is 0 Å². The Balaban J connectivity index is 3.00. The minimum absolute atomic E-state index is 0.257. The third-order valence-electron chi connectivity index (χ3n) is 1.59. The molecule has 1 aromatic rings. The van der Waals surface area contributed by atoms with Gasteiger partial charge in [-0.05, 0) is 6.92 Å². The summed E-state index contributed by atoms with van der Waals surface area (Å²) in [4.78, 5) is 12.4. The van der Waals surface area contributed by atoms with E-state index < -0.39 is 28.0 Å². The van der Waals surface area contributed by atoms with Crippen LogP contribution in [0, 0.1) is 0 Å². The normalized spacial score (nSPS) is 12.6. The van der Waals surface area contributed by atoms with Crippen molar-refractivity contribution in [3.05, 3.63) is 16.1 Å². The summed E-state index contributed by atoms with van der Waals surface area (Å²) in [7, 11) is 0. The van der Waals surface area contributed by atoms with Gasteiger partial charge in [0.15, 0.2) is 5.01 Å². The van der Waals surface area contributed by atoms with Gasteiger partial charge >= 0.3 is 18.1 Å². The highest BCUT2D eigenvalue weighted by Crippen LogP contribution is 2.39. The van der Waals surface area contributed by atoms with Gasteiger partial charge < -0.3 is 4.74 Å². The van der Waals surface area contributed by atoms with E-state index in [1.165, 1.54) is 6.92 Å². The number of nitrogens with zero attached hydrogens (tertiary/aromatic N) is 1. The summed E-state index contributed by atoms with van der Waals surface area (Å²) in [5, 5.41) is -1.23. The van der Waals surface area contributed by atoms with Gasteiger partial charge in [0.25, 0.3) is 0 Å². The molecule has 17 heavy (non-hydrogen) atoms. The maximum atomic E-state index is 13.2. The molecule has 96 valence electrons. The summed E-state index contributed by atoms with van der Waals surface area (Å²) in [5.74, 6) is -6.08. The fraction of sp³-hybridized carbons (Fsp3) is 0.500. The van der Waals surface area contributed by atoms with Gasteiger partial charge in [0.1, 0.15) is 4.88 Å². The zero-order chi connectivity index (χ0) is 13.3. The molecule has 0 aromatic carbocycles. The highest BCUT2D eigenvalue weighted by atomic mass is 32.1. The van der Waals surface area contributed by atoms with Crippen LogP contribution in [0.3, 0.4) is 0 Å². The standard InChI is InChI=1S/C8H6F5NO2S/c1-2-16-6(15)7(9,10)5-14-3-4(17-5)8(11,12)13/h3H,2H2,1H3. The number of hydrogen-bond acceptors (Lipinski definition) is 4. The average Bonchev–Trinajstić information content (AvgIpc) is 2.66. The van der Waals surface area contributed by atoms with E-state index in [0.717, 1.165) is 0 Å². The lowest BCUT2D eigenvalue weighted by atomic mass is 10.3. The fourth-order valence-electron chi connectivity index (χ4n) is 0.859. The molecule has 3 nitrogen and oxygen atoms in total. The molecule has 0 fully saturated rings. The molecule has 0 aliphatic rings. The van der Waals surface area contributed by atoms with E-state index in [1.807, 2.05) is 0 Å². The molecule has 1 heterocycles. The first-order chi connectivity index (χ1) is 7.69. The number of ether oxygens (including phenoxy) is 1. The van der Waals surface area contributed by atoms with Crippen LogP contribution in [0.2, 0.25) is 0 Å². The van der Waals surface area contributed by atoms with Crippen LogP contribution in [0.15, 0.2) is 6.20 Å². The number of alkyl halides is 5. The van der Waals surface area contributed by atoms with Crippen molar-refractivity contribution >= 4 is 17.3 Å². The number of aromatic nitrogens is 1. The van der Waals surface area contributed by atoms with Crippen LogP contribution < -0.4 is 0 Å². The Hall–Kier alpha value is -1.25. The average molecular weight is 275 g/mol. The maximum absolute atomic E-state index is 13.2. The van der Waals surface area contributed by atoms with Crippen molar-refractivity contribution in [1.29, 1.82) is 0 Å². The molecule has 1 aromatic heterocycles. The molecular formula is C8H6F5NO2S. The number of thiazole rings is 1. The van der Waals surface area contributed by atoms with Crippen molar-refractivity contribution in [3.63, 3.8) is 0 Å². The first-order valence-corrected chi connectivity index (χ1v) is 5.09. The summed E-state index contributed by atoms with van der Waals surface area (Å²) in [6.45, 7) is 1.00. The van der Waals surface area contributed by atoms with Crippen molar-refractivity contribution in [1.82, 2.24) is 4.98 Å². The molecular weight excluding hydrogens is 269 g/mol. The Morgan fingerprint density at radius 3 is 2.41 bits per heavy atom. The predicted molar refractivity (Wildman–Crippen MR) is 47.6 cm³/mol. The lowest BCUT2D eigenvalue weighted by molar-refractivity contribution is -0.173. The van der Waals surface area contributed by atoms with E-state index >= 15 is 0 Å². The first kappa shape index (κ1) is 13.8. The Kier molecular flexibility index (Phi) is 3.70. The molecule has 0 amide bonds. The van der Waals surface area contributed by atoms with Crippen LogP contribution in [0.1, 0.15) is 16.8 Å². The molecule has 0 atom stereocenters. The first-order valence-electron chi connectivity index (χ1n) is 4.28. The molecule has 0 unspecified atom stereocenters. The molecule has 0 spiro atoms. The number of halogens is 5. The van der Waals surface area contributed by atoms with Crippen LogP contribution in [0.4, 0.5) is 22.0 Å². The largest absolute Gasteiger partial charge is 0.461 e. The smallest absolute Gasteiger partial charge is 0.427 e. The van der Waals surface area contributed by atoms with Gasteiger partial charge in [-0.25, -0.2) is 9.78 Å². The molecule has 0 aliphatic carbocycles. The summed E-state index contributed by atoms with van der Waals surface area (Å²) >= 11 is -0.286. The van der Waals surface area contributed by atoms with Gasteiger partial charge in [-0.2, -0.15) is 22.0 Å². The van der Waals surface area contributed by atoms with Crippen molar-refractivity contribution < 1.29 is 31.5 Å². The summed E-state index contributed by atoms with van der Waals surface area (Å²) < 4.78 is 67.0.